The Morgan fingerprint density at radius 1 is 1.44 bits per heavy atom. The van der Waals surface area contributed by atoms with Gasteiger partial charge in [0, 0.05) is 25.6 Å². The lowest BCUT2D eigenvalue weighted by Gasteiger charge is -2.33. The second-order valence-electron chi connectivity index (χ2n) is 8.11. The molecule has 0 spiro atoms. The van der Waals surface area contributed by atoms with Crippen molar-refractivity contribution in [3.63, 3.8) is 0 Å². The Kier molecular flexibility index (Phi) is 4.39. The average molecular weight is 349 g/mol. The first-order valence-corrected chi connectivity index (χ1v) is 8.88. The standard InChI is InChI=1S/C18H27N3O4/c1-5-14-13(8-19-21(14)17(2,3)4)15(22)20-9-12-10-25-7-6-18(12,11-20)16(23)24/h8,12H,5-7,9-11H2,1-4H3,(H,23,24)/t12-,18+/m0/s1. The van der Waals surface area contributed by atoms with Gasteiger partial charge in [0.05, 0.1) is 35.0 Å². The van der Waals surface area contributed by atoms with Crippen LogP contribution in [0.1, 0.15) is 50.2 Å². The van der Waals surface area contributed by atoms with Gasteiger partial charge in [-0.05, 0) is 33.6 Å². The van der Waals surface area contributed by atoms with Gasteiger partial charge in [0.2, 0.25) is 0 Å². The third-order valence-corrected chi connectivity index (χ3v) is 5.49. The summed E-state index contributed by atoms with van der Waals surface area (Å²) in [5.41, 5.74) is 0.393. The van der Waals surface area contributed by atoms with E-state index in [1.807, 2.05) is 11.6 Å². The molecule has 0 aliphatic carbocycles. The van der Waals surface area contributed by atoms with E-state index >= 15 is 0 Å². The Hall–Kier alpha value is -1.89. The van der Waals surface area contributed by atoms with Gasteiger partial charge >= 0.3 is 5.97 Å². The van der Waals surface area contributed by atoms with E-state index in [4.69, 9.17) is 4.74 Å². The van der Waals surface area contributed by atoms with Crippen LogP contribution < -0.4 is 0 Å². The molecule has 138 valence electrons. The van der Waals surface area contributed by atoms with Crippen molar-refractivity contribution in [2.45, 2.75) is 46.1 Å². The highest BCUT2D eigenvalue weighted by Crippen LogP contribution is 2.43. The first-order valence-electron chi connectivity index (χ1n) is 8.88. The minimum absolute atomic E-state index is 0.123. The normalized spacial score (nSPS) is 26.6. The SMILES string of the molecule is CCc1c(C(=O)N2C[C@H]3COCC[C@@]3(C(=O)O)C2)cnn1C(C)(C)C. The fraction of sp³-hybridized carbons (Fsp3) is 0.722. The molecule has 1 aromatic heterocycles. The van der Waals surface area contributed by atoms with E-state index < -0.39 is 11.4 Å². The smallest absolute Gasteiger partial charge is 0.311 e. The third kappa shape index (κ3) is 2.84. The molecule has 25 heavy (non-hydrogen) atoms. The maximum Gasteiger partial charge on any atom is 0.311 e. The van der Waals surface area contributed by atoms with Gasteiger partial charge < -0.3 is 14.7 Å². The molecule has 2 fully saturated rings. The summed E-state index contributed by atoms with van der Waals surface area (Å²) in [6, 6.07) is 0. The number of aromatic nitrogens is 2. The van der Waals surface area contributed by atoms with Crippen LogP contribution in [0.4, 0.5) is 0 Å². The zero-order valence-electron chi connectivity index (χ0n) is 15.4. The van der Waals surface area contributed by atoms with Crippen molar-refractivity contribution < 1.29 is 19.4 Å². The summed E-state index contributed by atoms with van der Waals surface area (Å²) in [5, 5.41) is 14.2. The number of aliphatic carboxylic acids is 1. The number of ether oxygens (including phenoxy) is 1. The van der Waals surface area contributed by atoms with E-state index in [-0.39, 0.29) is 23.9 Å². The Bertz CT molecular complexity index is 691. The Morgan fingerprint density at radius 3 is 2.72 bits per heavy atom. The summed E-state index contributed by atoms with van der Waals surface area (Å²) in [4.78, 5) is 26.7. The van der Waals surface area contributed by atoms with Crippen LogP contribution in [0, 0.1) is 11.3 Å². The van der Waals surface area contributed by atoms with Crippen LogP contribution in [0.5, 0.6) is 0 Å². The third-order valence-electron chi connectivity index (χ3n) is 5.49. The van der Waals surface area contributed by atoms with Crippen molar-refractivity contribution in [3.8, 4) is 0 Å². The second kappa shape index (κ2) is 6.12. The average Bonchev–Trinajstić information content (AvgIpc) is 3.15. The summed E-state index contributed by atoms with van der Waals surface area (Å²) in [6.07, 6.45) is 2.78. The predicted octanol–water partition coefficient (Wildman–Crippen LogP) is 1.76. The van der Waals surface area contributed by atoms with Gasteiger partial charge in [-0.1, -0.05) is 6.92 Å². The number of carboxylic acid groups (broad SMARTS) is 1. The minimum Gasteiger partial charge on any atom is -0.481 e. The number of carboxylic acids is 1. The van der Waals surface area contributed by atoms with Gasteiger partial charge in [0.25, 0.3) is 5.91 Å². The molecule has 3 rings (SSSR count). The lowest BCUT2D eigenvalue weighted by atomic mass is 9.74. The topological polar surface area (TPSA) is 84.7 Å². The molecule has 2 aliphatic heterocycles. The molecule has 7 nitrogen and oxygen atoms in total. The number of nitrogens with zero attached hydrogens (tertiary/aromatic N) is 3. The fourth-order valence-electron chi connectivity index (χ4n) is 4.10. The predicted molar refractivity (Wildman–Crippen MR) is 91.5 cm³/mol. The van der Waals surface area contributed by atoms with Crippen molar-refractivity contribution in [1.82, 2.24) is 14.7 Å². The highest BCUT2D eigenvalue weighted by Gasteiger charge is 2.55. The first-order chi connectivity index (χ1) is 11.7. The number of hydrogen-bond donors (Lipinski definition) is 1. The fourth-order valence-corrected chi connectivity index (χ4v) is 4.10. The van der Waals surface area contributed by atoms with E-state index in [0.29, 0.717) is 38.2 Å². The summed E-state index contributed by atoms with van der Waals surface area (Å²) in [6.45, 7) is 9.67. The van der Waals surface area contributed by atoms with Crippen molar-refractivity contribution in [1.29, 1.82) is 0 Å². The van der Waals surface area contributed by atoms with Crippen molar-refractivity contribution in [3.05, 3.63) is 17.5 Å². The Morgan fingerprint density at radius 2 is 2.16 bits per heavy atom. The number of likely N-dealkylation sites (tertiary alicyclic amines) is 1. The maximum atomic E-state index is 13.1. The molecule has 2 aliphatic rings. The molecule has 0 radical (unpaired) electrons. The van der Waals surface area contributed by atoms with E-state index in [0.717, 1.165) is 5.69 Å². The number of fused-ring (bicyclic) bond motifs is 1. The molecular formula is C18H27N3O4. The zero-order valence-corrected chi connectivity index (χ0v) is 15.4. The molecule has 1 amide bonds. The highest BCUT2D eigenvalue weighted by molar-refractivity contribution is 5.96. The zero-order chi connectivity index (χ0) is 18.4. The van der Waals surface area contributed by atoms with Gasteiger partial charge in [0.15, 0.2) is 0 Å². The molecule has 0 unspecified atom stereocenters. The molecule has 2 atom stereocenters. The number of carbonyl (C=O) groups excluding carboxylic acids is 1. The van der Waals surface area contributed by atoms with E-state index in [9.17, 15) is 14.7 Å². The quantitative estimate of drug-likeness (QED) is 0.899. The molecule has 0 bridgehead atoms. The van der Waals surface area contributed by atoms with Crippen LogP contribution in [0.3, 0.4) is 0 Å². The molecule has 3 heterocycles. The monoisotopic (exact) mass is 349 g/mol. The van der Waals surface area contributed by atoms with Crippen LogP contribution in [0.15, 0.2) is 6.20 Å². The molecular weight excluding hydrogens is 322 g/mol. The van der Waals surface area contributed by atoms with Crippen LogP contribution in [0.25, 0.3) is 0 Å². The molecule has 1 N–H and O–H groups in total. The molecule has 1 aromatic rings. The minimum atomic E-state index is -0.875. The Labute approximate surface area is 147 Å². The summed E-state index contributed by atoms with van der Waals surface area (Å²) in [7, 11) is 0. The van der Waals surface area contributed by atoms with Crippen molar-refractivity contribution in [2.75, 3.05) is 26.3 Å². The van der Waals surface area contributed by atoms with Crippen LogP contribution >= 0.6 is 0 Å². The maximum absolute atomic E-state index is 13.1. The van der Waals surface area contributed by atoms with Crippen molar-refractivity contribution in [2.24, 2.45) is 11.3 Å². The van der Waals surface area contributed by atoms with Gasteiger partial charge in [-0.25, -0.2) is 0 Å². The molecule has 0 aromatic carbocycles. The van der Waals surface area contributed by atoms with Gasteiger partial charge in [-0.3, -0.25) is 14.3 Å². The summed E-state index contributed by atoms with van der Waals surface area (Å²) < 4.78 is 7.36. The molecule has 2 saturated heterocycles. The molecule has 0 saturated carbocycles. The Balaban J connectivity index is 1.90. The van der Waals surface area contributed by atoms with Crippen LogP contribution in [-0.4, -0.2) is 58.0 Å². The molecule has 7 heteroatoms. The van der Waals surface area contributed by atoms with Crippen LogP contribution in [0.2, 0.25) is 0 Å². The number of rotatable bonds is 3. The van der Waals surface area contributed by atoms with Crippen LogP contribution in [-0.2, 0) is 21.5 Å². The van der Waals surface area contributed by atoms with Gasteiger partial charge in [-0.15, -0.1) is 0 Å². The van der Waals surface area contributed by atoms with Gasteiger partial charge in [-0.2, -0.15) is 5.10 Å². The van der Waals surface area contributed by atoms with E-state index in [2.05, 4.69) is 25.9 Å². The first kappa shape index (κ1) is 17.9. The lowest BCUT2D eigenvalue weighted by Crippen LogP contribution is -2.45. The summed E-state index contributed by atoms with van der Waals surface area (Å²) >= 11 is 0. The summed E-state index contributed by atoms with van der Waals surface area (Å²) in [5.74, 6) is -1.09. The number of hydrogen-bond acceptors (Lipinski definition) is 4. The highest BCUT2D eigenvalue weighted by atomic mass is 16.5. The van der Waals surface area contributed by atoms with Gasteiger partial charge in [0.1, 0.15) is 0 Å². The number of amides is 1. The van der Waals surface area contributed by atoms with E-state index in [1.165, 1.54) is 0 Å². The number of carbonyl (C=O) groups is 2. The van der Waals surface area contributed by atoms with Crippen molar-refractivity contribution >= 4 is 11.9 Å². The largest absolute Gasteiger partial charge is 0.481 e. The van der Waals surface area contributed by atoms with E-state index in [1.54, 1.807) is 11.1 Å². The lowest BCUT2D eigenvalue weighted by molar-refractivity contribution is -0.157. The second-order valence-corrected chi connectivity index (χ2v) is 8.11.